The van der Waals surface area contributed by atoms with Crippen molar-refractivity contribution in [1.29, 1.82) is 0 Å². The van der Waals surface area contributed by atoms with Crippen LogP contribution in [-0.4, -0.2) is 34.2 Å². The number of nitrogens with zero attached hydrogens (tertiary/aromatic N) is 2. The van der Waals surface area contributed by atoms with Crippen molar-refractivity contribution >= 4 is 28.7 Å². The van der Waals surface area contributed by atoms with Gasteiger partial charge in [0.15, 0.2) is 5.54 Å². The van der Waals surface area contributed by atoms with Crippen molar-refractivity contribution in [1.82, 2.24) is 25.7 Å². The number of carbonyl (C=O) groups excluding carboxylic acids is 3. The standard InChI is InChI=1S/C26H19F4N5O3/c1-35-21(18-4-2-3-5-20(18)34-35)25(23(37)32-24(38)33-25)13-31-22(36)17-11-10-16(27)12-19(17)14-6-8-15(9-7-14)26(28,29)30/h2-12H,13H2,1H3,(H,31,36)(H2,32,33,37,38). The molecule has 0 saturated carbocycles. The van der Waals surface area contributed by atoms with E-state index >= 15 is 0 Å². The molecule has 0 bridgehead atoms. The monoisotopic (exact) mass is 525 g/mol. The van der Waals surface area contributed by atoms with Gasteiger partial charge in [0.2, 0.25) is 0 Å². The number of hydrogen-bond acceptors (Lipinski definition) is 4. The first kappa shape index (κ1) is 24.9. The Bertz CT molecular complexity index is 1600. The largest absolute Gasteiger partial charge is 0.416 e. The number of hydrogen-bond donors (Lipinski definition) is 3. The molecule has 1 aliphatic heterocycles. The first-order valence-electron chi connectivity index (χ1n) is 11.3. The maximum absolute atomic E-state index is 14.1. The lowest BCUT2D eigenvalue weighted by molar-refractivity contribution is -0.137. The number of amides is 4. The van der Waals surface area contributed by atoms with Gasteiger partial charge in [-0.1, -0.05) is 30.3 Å². The number of benzene rings is 3. The first-order valence-corrected chi connectivity index (χ1v) is 11.3. The summed E-state index contributed by atoms with van der Waals surface area (Å²) < 4.78 is 54.5. The molecule has 1 atom stereocenters. The number of urea groups is 1. The van der Waals surface area contributed by atoms with Crippen molar-refractivity contribution in [2.75, 3.05) is 6.54 Å². The van der Waals surface area contributed by atoms with Gasteiger partial charge in [0.1, 0.15) is 5.82 Å². The summed E-state index contributed by atoms with van der Waals surface area (Å²) in [4.78, 5) is 38.6. The highest BCUT2D eigenvalue weighted by Gasteiger charge is 2.51. The summed E-state index contributed by atoms with van der Waals surface area (Å²) in [5, 5.41) is 12.4. The van der Waals surface area contributed by atoms with Gasteiger partial charge in [-0.3, -0.25) is 19.6 Å². The molecule has 1 unspecified atom stereocenters. The number of alkyl halides is 3. The second kappa shape index (κ2) is 8.98. The number of fused-ring (bicyclic) bond motifs is 1. The van der Waals surface area contributed by atoms with Crippen LogP contribution in [-0.2, 0) is 23.6 Å². The molecule has 4 aromatic rings. The van der Waals surface area contributed by atoms with Crippen LogP contribution >= 0.6 is 0 Å². The Morgan fingerprint density at radius 3 is 2.42 bits per heavy atom. The van der Waals surface area contributed by atoms with Crippen LogP contribution in [0.5, 0.6) is 0 Å². The smallest absolute Gasteiger partial charge is 0.349 e. The van der Waals surface area contributed by atoms with Crippen LogP contribution < -0.4 is 16.0 Å². The Hall–Kier alpha value is -4.74. The Labute approximate surface area is 212 Å². The molecule has 0 aliphatic carbocycles. The molecular formula is C26H19F4N5O3. The van der Waals surface area contributed by atoms with E-state index in [4.69, 9.17) is 0 Å². The number of imide groups is 1. The number of rotatable bonds is 5. The summed E-state index contributed by atoms with van der Waals surface area (Å²) in [6.07, 6.45) is -4.56. The number of halogens is 4. The fourth-order valence-corrected chi connectivity index (χ4v) is 4.62. The van der Waals surface area contributed by atoms with Crippen LogP contribution in [0.1, 0.15) is 21.6 Å². The summed E-state index contributed by atoms with van der Waals surface area (Å²) in [7, 11) is 1.60. The molecule has 3 aromatic carbocycles. The lowest BCUT2D eigenvalue weighted by Crippen LogP contribution is -2.53. The van der Waals surface area contributed by atoms with Crippen molar-refractivity contribution < 1.29 is 31.9 Å². The predicted octanol–water partition coefficient (Wildman–Crippen LogP) is 3.86. The summed E-state index contributed by atoms with van der Waals surface area (Å²) >= 11 is 0. The van der Waals surface area contributed by atoms with Crippen LogP contribution in [0.2, 0.25) is 0 Å². The summed E-state index contributed by atoms with van der Waals surface area (Å²) in [5.74, 6) is -2.14. The summed E-state index contributed by atoms with van der Waals surface area (Å²) in [6.45, 7) is -0.392. The first-order chi connectivity index (χ1) is 18.0. The third kappa shape index (κ3) is 4.23. The Morgan fingerprint density at radius 1 is 1.05 bits per heavy atom. The summed E-state index contributed by atoms with van der Waals surface area (Å²) in [6, 6.07) is 13.4. The Balaban J connectivity index is 1.50. The van der Waals surface area contributed by atoms with Gasteiger partial charge in [0.05, 0.1) is 23.3 Å². The third-order valence-corrected chi connectivity index (χ3v) is 6.35. The van der Waals surface area contributed by atoms with Gasteiger partial charge >= 0.3 is 12.2 Å². The maximum atomic E-state index is 14.1. The number of carbonyl (C=O) groups is 3. The zero-order valence-electron chi connectivity index (χ0n) is 19.7. The second-order valence-electron chi connectivity index (χ2n) is 8.75. The van der Waals surface area contributed by atoms with E-state index in [9.17, 15) is 31.9 Å². The molecule has 2 heterocycles. The zero-order valence-corrected chi connectivity index (χ0v) is 19.7. The molecule has 1 saturated heterocycles. The van der Waals surface area contributed by atoms with Gasteiger partial charge in [-0.25, -0.2) is 9.18 Å². The molecule has 4 amide bonds. The van der Waals surface area contributed by atoms with Crippen molar-refractivity contribution in [3.8, 4) is 11.1 Å². The molecule has 38 heavy (non-hydrogen) atoms. The minimum Gasteiger partial charge on any atom is -0.349 e. The molecule has 1 aliphatic rings. The molecule has 5 rings (SSSR count). The molecular weight excluding hydrogens is 506 g/mol. The van der Waals surface area contributed by atoms with Crippen LogP contribution in [0.4, 0.5) is 22.4 Å². The highest BCUT2D eigenvalue weighted by atomic mass is 19.4. The van der Waals surface area contributed by atoms with E-state index in [0.717, 1.165) is 36.4 Å². The van der Waals surface area contributed by atoms with Crippen molar-refractivity contribution in [3.05, 3.63) is 89.4 Å². The van der Waals surface area contributed by atoms with Crippen LogP contribution in [0.3, 0.4) is 0 Å². The van der Waals surface area contributed by atoms with Gasteiger partial charge in [-0.15, -0.1) is 0 Å². The molecule has 12 heteroatoms. The van der Waals surface area contributed by atoms with Gasteiger partial charge in [0.25, 0.3) is 11.8 Å². The van der Waals surface area contributed by atoms with E-state index in [1.54, 1.807) is 31.3 Å². The van der Waals surface area contributed by atoms with E-state index < -0.39 is 47.5 Å². The zero-order chi connectivity index (χ0) is 27.2. The number of aromatic nitrogens is 2. The number of nitrogens with one attached hydrogen (secondary N) is 3. The topological polar surface area (TPSA) is 105 Å². The molecule has 0 spiro atoms. The minimum absolute atomic E-state index is 0.0408. The van der Waals surface area contributed by atoms with Gasteiger partial charge < -0.3 is 10.6 Å². The fraction of sp³-hybridized carbons (Fsp3) is 0.154. The lowest BCUT2D eigenvalue weighted by atomic mass is 9.91. The predicted molar refractivity (Wildman–Crippen MR) is 128 cm³/mol. The highest BCUT2D eigenvalue weighted by Crippen LogP contribution is 2.33. The Kier molecular flexibility index (Phi) is 5.89. The highest BCUT2D eigenvalue weighted by molar-refractivity contribution is 6.10. The maximum Gasteiger partial charge on any atom is 0.416 e. The average molecular weight is 525 g/mol. The minimum atomic E-state index is -4.56. The molecule has 3 N–H and O–H groups in total. The Morgan fingerprint density at radius 2 is 1.76 bits per heavy atom. The van der Waals surface area contributed by atoms with Gasteiger partial charge in [-0.05, 0) is 47.5 Å². The summed E-state index contributed by atoms with van der Waals surface area (Å²) in [5.41, 5.74) is -1.52. The third-order valence-electron chi connectivity index (χ3n) is 6.35. The van der Waals surface area contributed by atoms with E-state index in [1.807, 2.05) is 0 Å². The lowest BCUT2D eigenvalue weighted by Gasteiger charge is -2.27. The van der Waals surface area contributed by atoms with Crippen molar-refractivity contribution in [3.63, 3.8) is 0 Å². The van der Waals surface area contributed by atoms with E-state index in [-0.39, 0.29) is 16.7 Å². The van der Waals surface area contributed by atoms with Gasteiger partial charge in [-0.2, -0.15) is 18.3 Å². The van der Waals surface area contributed by atoms with Crippen LogP contribution in [0, 0.1) is 5.82 Å². The molecule has 194 valence electrons. The molecule has 1 aromatic heterocycles. The average Bonchev–Trinajstić information content (AvgIpc) is 3.36. The van der Waals surface area contributed by atoms with Crippen molar-refractivity contribution in [2.24, 2.45) is 7.05 Å². The fourth-order valence-electron chi connectivity index (χ4n) is 4.62. The quantitative estimate of drug-likeness (QED) is 0.272. The van der Waals surface area contributed by atoms with Crippen molar-refractivity contribution in [2.45, 2.75) is 11.7 Å². The van der Waals surface area contributed by atoms with E-state index in [0.29, 0.717) is 16.6 Å². The normalized spacial score (nSPS) is 17.4. The second-order valence-corrected chi connectivity index (χ2v) is 8.75. The molecule has 1 fully saturated rings. The van der Waals surface area contributed by atoms with Crippen LogP contribution in [0.15, 0.2) is 66.7 Å². The van der Waals surface area contributed by atoms with Crippen LogP contribution in [0.25, 0.3) is 22.0 Å². The van der Waals surface area contributed by atoms with Gasteiger partial charge in [0, 0.05) is 18.0 Å². The van der Waals surface area contributed by atoms with E-state index in [1.165, 1.54) is 10.7 Å². The molecule has 0 radical (unpaired) electrons. The molecule has 8 nitrogen and oxygen atoms in total. The number of aryl methyl sites for hydroxylation is 1. The van der Waals surface area contributed by atoms with E-state index in [2.05, 4.69) is 21.0 Å². The SMILES string of the molecule is Cn1nc2ccccc2c1C1(CNC(=O)c2ccc(F)cc2-c2ccc(C(F)(F)F)cc2)NC(=O)NC1=O.